The second-order valence-corrected chi connectivity index (χ2v) is 6.76. The maximum absolute atomic E-state index is 13.2. The van der Waals surface area contributed by atoms with Gasteiger partial charge in [-0.25, -0.2) is 9.18 Å². The summed E-state index contributed by atoms with van der Waals surface area (Å²) in [6.07, 6.45) is 0.538. The summed E-state index contributed by atoms with van der Waals surface area (Å²) in [4.78, 5) is 28.7. The van der Waals surface area contributed by atoms with E-state index in [4.69, 9.17) is 0 Å². The topological polar surface area (TPSA) is 64.1 Å². The van der Waals surface area contributed by atoms with Crippen LogP contribution in [0.5, 0.6) is 0 Å². The zero-order valence-corrected chi connectivity index (χ0v) is 14.4. The van der Waals surface area contributed by atoms with Gasteiger partial charge in [0, 0.05) is 45.7 Å². The van der Waals surface area contributed by atoms with Crippen LogP contribution in [0.25, 0.3) is 0 Å². The van der Waals surface area contributed by atoms with Gasteiger partial charge in [0.15, 0.2) is 0 Å². The van der Waals surface area contributed by atoms with Crippen molar-refractivity contribution in [3.8, 4) is 0 Å². The van der Waals surface area contributed by atoms with Gasteiger partial charge in [0.25, 0.3) is 0 Å². The van der Waals surface area contributed by atoms with Gasteiger partial charge in [-0.3, -0.25) is 9.69 Å². The Morgan fingerprint density at radius 2 is 1.72 bits per heavy atom. The highest BCUT2D eigenvalue weighted by molar-refractivity contribution is 5.73. The number of nitrogens with zero attached hydrogens (tertiary/aromatic N) is 3. The first-order chi connectivity index (χ1) is 12.0. The van der Waals surface area contributed by atoms with E-state index in [2.05, 4.69) is 4.90 Å². The van der Waals surface area contributed by atoms with Crippen molar-refractivity contribution < 1.29 is 19.1 Å². The molecule has 2 amide bonds. The Kier molecular flexibility index (Phi) is 5.22. The quantitative estimate of drug-likeness (QED) is 0.889. The van der Waals surface area contributed by atoms with Crippen molar-refractivity contribution in [1.82, 2.24) is 14.7 Å². The van der Waals surface area contributed by atoms with Crippen LogP contribution in [0, 0.1) is 5.82 Å². The number of carbonyl (C=O) groups is 2. The Hall–Kier alpha value is -2.15. The van der Waals surface area contributed by atoms with E-state index in [1.54, 1.807) is 19.1 Å². The molecule has 3 rings (SSSR count). The van der Waals surface area contributed by atoms with E-state index in [0.29, 0.717) is 13.0 Å². The summed E-state index contributed by atoms with van der Waals surface area (Å²) in [5.74, 6) is -0.220. The van der Waals surface area contributed by atoms with Crippen molar-refractivity contribution in [2.75, 3.05) is 32.7 Å². The minimum Gasteiger partial charge on any atom is -0.465 e. The lowest BCUT2D eigenvalue weighted by atomic mass is 9.90. The first-order valence-corrected chi connectivity index (χ1v) is 8.70. The molecule has 1 aromatic rings. The minimum atomic E-state index is -0.936. The standard InChI is InChI=1S/C18H24FN3O3/c1-13(23)20-8-10-21(11-9-20)16-6-7-22(18(24)25)17(12-16)14-2-4-15(19)5-3-14/h2-5,16-17H,6-12H2,1H3,(H,24,25)/t16-,17?/m0/s1. The van der Waals surface area contributed by atoms with Crippen LogP contribution in [-0.4, -0.2) is 70.6 Å². The van der Waals surface area contributed by atoms with Gasteiger partial charge < -0.3 is 14.9 Å². The molecule has 136 valence electrons. The van der Waals surface area contributed by atoms with Gasteiger partial charge in [0.1, 0.15) is 5.82 Å². The lowest BCUT2D eigenvalue weighted by Gasteiger charge is -2.45. The zero-order chi connectivity index (χ0) is 18.0. The molecule has 1 unspecified atom stereocenters. The highest BCUT2D eigenvalue weighted by atomic mass is 19.1. The Morgan fingerprint density at radius 3 is 2.28 bits per heavy atom. The lowest BCUT2D eigenvalue weighted by molar-refractivity contribution is -0.131. The molecule has 0 saturated carbocycles. The SMILES string of the molecule is CC(=O)N1CCN([C@H]2CCN(C(=O)O)C(c3ccc(F)cc3)C2)CC1. The van der Waals surface area contributed by atoms with Crippen molar-refractivity contribution in [2.45, 2.75) is 31.8 Å². The summed E-state index contributed by atoms with van der Waals surface area (Å²) in [7, 11) is 0. The van der Waals surface area contributed by atoms with Crippen LogP contribution in [-0.2, 0) is 4.79 Å². The molecule has 1 aromatic carbocycles. The van der Waals surface area contributed by atoms with Gasteiger partial charge in [-0.15, -0.1) is 0 Å². The van der Waals surface area contributed by atoms with Crippen molar-refractivity contribution in [3.63, 3.8) is 0 Å². The fourth-order valence-electron chi connectivity index (χ4n) is 3.91. The van der Waals surface area contributed by atoms with Gasteiger partial charge in [-0.05, 0) is 30.5 Å². The minimum absolute atomic E-state index is 0.101. The van der Waals surface area contributed by atoms with E-state index in [1.807, 2.05) is 4.90 Å². The number of halogens is 1. The molecule has 0 bridgehead atoms. The molecule has 6 nitrogen and oxygen atoms in total. The van der Waals surface area contributed by atoms with Gasteiger partial charge in [-0.2, -0.15) is 0 Å². The number of rotatable bonds is 2. The average molecular weight is 349 g/mol. The highest BCUT2D eigenvalue weighted by Crippen LogP contribution is 2.33. The lowest BCUT2D eigenvalue weighted by Crippen LogP contribution is -2.54. The average Bonchev–Trinajstić information content (AvgIpc) is 2.62. The number of benzene rings is 1. The molecule has 2 atom stereocenters. The number of hydrogen-bond donors (Lipinski definition) is 1. The third-order valence-corrected chi connectivity index (χ3v) is 5.35. The molecular formula is C18H24FN3O3. The number of carboxylic acid groups (broad SMARTS) is 1. The van der Waals surface area contributed by atoms with Crippen LogP contribution in [0.3, 0.4) is 0 Å². The van der Waals surface area contributed by atoms with E-state index >= 15 is 0 Å². The number of amides is 2. The van der Waals surface area contributed by atoms with Gasteiger partial charge in [0.05, 0.1) is 6.04 Å². The van der Waals surface area contributed by atoms with Crippen LogP contribution in [0.2, 0.25) is 0 Å². The van der Waals surface area contributed by atoms with Crippen molar-refractivity contribution in [3.05, 3.63) is 35.6 Å². The van der Waals surface area contributed by atoms with Crippen LogP contribution in [0.1, 0.15) is 31.4 Å². The maximum Gasteiger partial charge on any atom is 0.407 e. The Bertz CT molecular complexity index is 629. The number of carbonyl (C=O) groups excluding carboxylic acids is 1. The Labute approximate surface area is 146 Å². The molecule has 25 heavy (non-hydrogen) atoms. The van der Waals surface area contributed by atoms with Crippen molar-refractivity contribution >= 4 is 12.0 Å². The van der Waals surface area contributed by atoms with Gasteiger partial charge in [-0.1, -0.05) is 12.1 Å². The number of likely N-dealkylation sites (tertiary alicyclic amines) is 1. The second kappa shape index (κ2) is 7.39. The van der Waals surface area contributed by atoms with E-state index in [-0.39, 0.29) is 23.8 Å². The first-order valence-electron chi connectivity index (χ1n) is 8.70. The Morgan fingerprint density at radius 1 is 1.08 bits per heavy atom. The van der Waals surface area contributed by atoms with Crippen LogP contribution < -0.4 is 0 Å². The smallest absolute Gasteiger partial charge is 0.407 e. The van der Waals surface area contributed by atoms with Crippen molar-refractivity contribution in [2.24, 2.45) is 0 Å². The highest BCUT2D eigenvalue weighted by Gasteiger charge is 2.36. The maximum atomic E-state index is 13.2. The molecule has 2 saturated heterocycles. The molecule has 7 heteroatoms. The van der Waals surface area contributed by atoms with E-state index in [0.717, 1.165) is 38.2 Å². The molecule has 0 radical (unpaired) electrons. The summed E-state index contributed by atoms with van der Waals surface area (Å²) in [5, 5.41) is 9.51. The molecule has 2 aliphatic rings. The molecule has 2 fully saturated rings. The molecule has 2 aliphatic heterocycles. The first kappa shape index (κ1) is 17.7. The summed E-state index contributed by atoms with van der Waals surface area (Å²) in [6.45, 7) is 5.12. The fourth-order valence-corrected chi connectivity index (χ4v) is 3.91. The molecule has 0 aromatic heterocycles. The van der Waals surface area contributed by atoms with Crippen molar-refractivity contribution in [1.29, 1.82) is 0 Å². The molecule has 0 spiro atoms. The molecule has 1 N–H and O–H groups in total. The third-order valence-electron chi connectivity index (χ3n) is 5.35. The molecule has 2 heterocycles. The summed E-state index contributed by atoms with van der Waals surface area (Å²) < 4.78 is 13.2. The number of hydrogen-bond acceptors (Lipinski definition) is 3. The van der Waals surface area contributed by atoms with Gasteiger partial charge >= 0.3 is 6.09 Å². The van der Waals surface area contributed by atoms with E-state index in [1.165, 1.54) is 17.0 Å². The van der Waals surface area contributed by atoms with Crippen LogP contribution >= 0.6 is 0 Å². The molecule has 0 aliphatic carbocycles. The predicted molar refractivity (Wildman–Crippen MR) is 90.7 cm³/mol. The molecular weight excluding hydrogens is 325 g/mol. The van der Waals surface area contributed by atoms with Gasteiger partial charge in [0.2, 0.25) is 5.91 Å². The number of piperazine rings is 1. The summed E-state index contributed by atoms with van der Waals surface area (Å²) >= 11 is 0. The fraction of sp³-hybridized carbons (Fsp3) is 0.556. The largest absolute Gasteiger partial charge is 0.465 e. The monoisotopic (exact) mass is 349 g/mol. The van der Waals surface area contributed by atoms with Crippen LogP contribution in [0.15, 0.2) is 24.3 Å². The zero-order valence-electron chi connectivity index (χ0n) is 14.4. The second-order valence-electron chi connectivity index (χ2n) is 6.76. The van der Waals surface area contributed by atoms with E-state index < -0.39 is 6.09 Å². The predicted octanol–water partition coefficient (Wildman–Crippen LogP) is 2.17. The number of piperidine rings is 1. The third kappa shape index (κ3) is 3.92. The normalized spacial score (nSPS) is 25.0. The Balaban J connectivity index is 1.71. The summed E-state index contributed by atoms with van der Waals surface area (Å²) in [6, 6.07) is 6.12. The van der Waals surface area contributed by atoms with Crippen LogP contribution in [0.4, 0.5) is 9.18 Å². The van der Waals surface area contributed by atoms with E-state index in [9.17, 15) is 19.1 Å². The summed E-state index contributed by atoms with van der Waals surface area (Å²) in [5.41, 5.74) is 0.830.